The van der Waals surface area contributed by atoms with Crippen LogP contribution >= 0.6 is 34.8 Å². The van der Waals surface area contributed by atoms with Gasteiger partial charge in [0.05, 0.1) is 37.4 Å². The number of imide groups is 1. The summed E-state index contributed by atoms with van der Waals surface area (Å²) < 4.78 is 120. The fourth-order valence-electron chi connectivity index (χ4n) is 3.20. The lowest BCUT2D eigenvalue weighted by Gasteiger charge is -2.24. The molecule has 5 nitrogen and oxygen atoms in total. The van der Waals surface area contributed by atoms with E-state index < -0.39 is 79.4 Å². The third kappa shape index (κ3) is 7.23. The molecular formula is C23H11Cl3F9N3O2. The number of hydrogen-bond donors (Lipinski definition) is 2. The van der Waals surface area contributed by atoms with Gasteiger partial charge in [-0.3, -0.25) is 0 Å². The number of nitrogens with one attached hydrogen (secondary N) is 2. The third-order valence-electron chi connectivity index (χ3n) is 4.97. The van der Waals surface area contributed by atoms with Crippen molar-refractivity contribution in [3.05, 3.63) is 86.4 Å². The van der Waals surface area contributed by atoms with Gasteiger partial charge in [0.15, 0.2) is 0 Å². The fourth-order valence-corrected chi connectivity index (χ4v) is 3.87. The number of alkyl halides is 9. The molecule has 0 heterocycles. The average molecular weight is 639 g/mol. The van der Waals surface area contributed by atoms with Crippen molar-refractivity contribution < 1.29 is 49.1 Å². The second-order valence-electron chi connectivity index (χ2n) is 7.74. The minimum atomic E-state index is -5.07. The lowest BCUT2D eigenvalue weighted by atomic mass is 10.1. The number of halogens is 12. The lowest BCUT2D eigenvalue weighted by Crippen LogP contribution is -2.43. The molecule has 17 heteroatoms. The average Bonchev–Trinajstić information content (AvgIpc) is 2.80. The van der Waals surface area contributed by atoms with E-state index in [0.29, 0.717) is 18.2 Å². The Morgan fingerprint density at radius 1 is 0.550 bits per heavy atom. The zero-order valence-corrected chi connectivity index (χ0v) is 21.3. The topological polar surface area (TPSA) is 61.4 Å². The van der Waals surface area contributed by atoms with E-state index >= 15 is 0 Å². The van der Waals surface area contributed by atoms with Crippen molar-refractivity contribution in [2.45, 2.75) is 18.5 Å². The molecule has 2 N–H and O–H groups in total. The zero-order chi connectivity index (χ0) is 30.2. The number of carbonyl (C=O) groups is 2. The van der Waals surface area contributed by atoms with Crippen LogP contribution in [0, 0.1) is 0 Å². The first-order valence-electron chi connectivity index (χ1n) is 10.3. The molecule has 3 aromatic carbocycles. The number of amides is 4. The summed E-state index contributed by atoms with van der Waals surface area (Å²) in [4.78, 5) is 26.1. The summed E-state index contributed by atoms with van der Waals surface area (Å²) in [6.07, 6.45) is -15.0. The van der Waals surface area contributed by atoms with E-state index in [1.165, 1.54) is 0 Å². The summed E-state index contributed by atoms with van der Waals surface area (Å²) in [5.74, 6) is 0. The summed E-state index contributed by atoms with van der Waals surface area (Å²) in [5.41, 5.74) is -6.19. The number of carbonyl (C=O) groups excluding carboxylic acids is 2. The van der Waals surface area contributed by atoms with Crippen molar-refractivity contribution in [3.63, 3.8) is 0 Å². The van der Waals surface area contributed by atoms with Crippen molar-refractivity contribution in [3.8, 4) is 0 Å². The van der Waals surface area contributed by atoms with Gasteiger partial charge in [-0.2, -0.15) is 39.5 Å². The normalized spacial score (nSPS) is 12.2. The summed E-state index contributed by atoms with van der Waals surface area (Å²) in [7, 11) is 0. The number of nitrogens with zero attached hydrogens (tertiary/aromatic N) is 1. The molecule has 0 bridgehead atoms. The number of urea groups is 2. The maximum atomic E-state index is 13.4. The Balaban J connectivity index is 2.06. The Labute approximate surface area is 233 Å². The van der Waals surface area contributed by atoms with Gasteiger partial charge in [0.25, 0.3) is 0 Å². The lowest BCUT2D eigenvalue weighted by molar-refractivity contribution is -0.138. The van der Waals surface area contributed by atoms with Crippen molar-refractivity contribution in [2.24, 2.45) is 0 Å². The first kappa shape index (κ1) is 31.2. The Bertz CT molecular complexity index is 1380. The molecule has 0 fully saturated rings. The van der Waals surface area contributed by atoms with Crippen LogP contribution in [0.5, 0.6) is 0 Å². The summed E-state index contributed by atoms with van der Waals surface area (Å²) in [6, 6.07) is 2.72. The number of benzene rings is 3. The van der Waals surface area contributed by atoms with E-state index in [-0.39, 0.29) is 11.0 Å². The van der Waals surface area contributed by atoms with E-state index in [9.17, 15) is 49.1 Å². The standard InChI is InChI=1S/C23H11Cl3F9N3O2/c24-16-4-1-10(7-13(16)21(27,28)29)36-19(39)38(12-3-6-18(26)15(9-12)23(33,34)35)20(40)37-11-2-5-17(25)14(8-11)22(30,31)32/h1-9H,(H,36,39)(H,37,40). The van der Waals surface area contributed by atoms with Gasteiger partial charge in [-0.25, -0.2) is 14.5 Å². The van der Waals surface area contributed by atoms with Gasteiger partial charge >= 0.3 is 30.6 Å². The Morgan fingerprint density at radius 3 is 1.23 bits per heavy atom. The highest BCUT2D eigenvalue weighted by Crippen LogP contribution is 2.39. The number of hydrogen-bond acceptors (Lipinski definition) is 2. The summed E-state index contributed by atoms with van der Waals surface area (Å²) in [6.45, 7) is 0. The van der Waals surface area contributed by atoms with Crippen LogP contribution in [0.25, 0.3) is 0 Å². The SMILES string of the molecule is O=C(Nc1ccc(Cl)c(C(F)(F)F)c1)N(C(=O)Nc1ccc(Cl)c(C(F)(F)F)c1)c1ccc(Cl)c(C(F)(F)F)c1. The maximum Gasteiger partial charge on any atom is 0.417 e. The number of anilines is 3. The molecule has 0 aliphatic heterocycles. The molecule has 214 valence electrons. The Kier molecular flexibility index (Phi) is 8.77. The van der Waals surface area contributed by atoms with Crippen molar-refractivity contribution in [1.82, 2.24) is 0 Å². The fraction of sp³-hybridized carbons (Fsp3) is 0.130. The van der Waals surface area contributed by atoms with Crippen LogP contribution in [0.15, 0.2) is 54.6 Å². The third-order valence-corrected chi connectivity index (χ3v) is 5.95. The van der Waals surface area contributed by atoms with Gasteiger partial charge in [0.1, 0.15) is 0 Å². The van der Waals surface area contributed by atoms with E-state index in [0.717, 1.165) is 30.3 Å². The largest absolute Gasteiger partial charge is 0.417 e. The Morgan fingerprint density at radius 2 is 0.875 bits per heavy atom. The quantitative estimate of drug-likeness (QED) is 0.281. The van der Waals surface area contributed by atoms with Crippen LogP contribution in [0.2, 0.25) is 15.1 Å². The molecule has 0 aromatic heterocycles. The van der Waals surface area contributed by atoms with Gasteiger partial charge in [0, 0.05) is 11.4 Å². The minimum absolute atomic E-state index is 0.00923. The summed E-state index contributed by atoms with van der Waals surface area (Å²) in [5, 5.41) is 1.53. The molecule has 0 aliphatic rings. The van der Waals surface area contributed by atoms with Gasteiger partial charge in [0.2, 0.25) is 0 Å². The van der Waals surface area contributed by atoms with E-state index in [4.69, 9.17) is 34.8 Å². The van der Waals surface area contributed by atoms with Crippen LogP contribution in [0.1, 0.15) is 16.7 Å². The molecule has 40 heavy (non-hydrogen) atoms. The molecule has 4 amide bonds. The molecule has 0 spiro atoms. The van der Waals surface area contributed by atoms with Crippen LogP contribution < -0.4 is 15.5 Å². The van der Waals surface area contributed by atoms with Gasteiger partial charge in [-0.05, 0) is 54.6 Å². The highest BCUT2D eigenvalue weighted by atomic mass is 35.5. The molecule has 0 atom stereocenters. The molecule has 0 saturated heterocycles. The molecule has 3 aromatic rings. The molecule has 0 unspecified atom stereocenters. The van der Waals surface area contributed by atoms with Crippen molar-refractivity contribution in [1.29, 1.82) is 0 Å². The molecular weight excluding hydrogens is 628 g/mol. The Hall–Kier alpha value is -3.36. The van der Waals surface area contributed by atoms with Crippen LogP contribution in [0.3, 0.4) is 0 Å². The predicted molar refractivity (Wildman–Crippen MR) is 130 cm³/mol. The second kappa shape index (κ2) is 11.3. The zero-order valence-electron chi connectivity index (χ0n) is 19.0. The molecule has 0 saturated carbocycles. The highest BCUT2D eigenvalue weighted by Gasteiger charge is 2.37. The smallest absolute Gasteiger partial charge is 0.307 e. The molecule has 0 radical (unpaired) electrons. The summed E-state index contributed by atoms with van der Waals surface area (Å²) >= 11 is 16.6. The van der Waals surface area contributed by atoms with E-state index in [1.807, 2.05) is 10.6 Å². The van der Waals surface area contributed by atoms with Gasteiger partial charge < -0.3 is 10.6 Å². The van der Waals surface area contributed by atoms with Gasteiger partial charge in [-0.1, -0.05) is 34.8 Å². The van der Waals surface area contributed by atoms with Crippen LogP contribution in [-0.2, 0) is 18.5 Å². The maximum absolute atomic E-state index is 13.4. The van der Waals surface area contributed by atoms with Crippen molar-refractivity contribution >= 4 is 63.9 Å². The minimum Gasteiger partial charge on any atom is -0.307 e. The second-order valence-corrected chi connectivity index (χ2v) is 8.96. The van der Waals surface area contributed by atoms with E-state index in [2.05, 4.69) is 0 Å². The van der Waals surface area contributed by atoms with Crippen LogP contribution in [-0.4, -0.2) is 12.1 Å². The molecule has 3 rings (SSSR count). The molecule has 0 aliphatic carbocycles. The predicted octanol–water partition coefficient (Wildman–Crippen LogP) is 9.97. The first-order chi connectivity index (χ1) is 18.3. The van der Waals surface area contributed by atoms with E-state index in [1.54, 1.807) is 0 Å². The van der Waals surface area contributed by atoms with Crippen LogP contribution in [0.4, 0.5) is 66.2 Å². The monoisotopic (exact) mass is 637 g/mol. The highest BCUT2D eigenvalue weighted by molar-refractivity contribution is 6.32. The van der Waals surface area contributed by atoms with Crippen molar-refractivity contribution in [2.75, 3.05) is 15.5 Å². The van der Waals surface area contributed by atoms with Gasteiger partial charge in [-0.15, -0.1) is 0 Å². The first-order valence-corrected chi connectivity index (χ1v) is 11.4. The number of rotatable bonds is 3.